The van der Waals surface area contributed by atoms with E-state index < -0.39 is 0 Å². The van der Waals surface area contributed by atoms with Gasteiger partial charge in [-0.2, -0.15) is 0 Å². The zero-order chi connectivity index (χ0) is 12.1. The van der Waals surface area contributed by atoms with Gasteiger partial charge < -0.3 is 10.5 Å². The van der Waals surface area contributed by atoms with E-state index in [1.54, 1.807) is 0 Å². The molecule has 94 valence electrons. The average Bonchev–Trinajstić information content (AvgIpc) is 2.38. The molecule has 1 aliphatic rings. The molecule has 0 aliphatic carbocycles. The predicted octanol–water partition coefficient (Wildman–Crippen LogP) is 2.85. The Hall–Kier alpha value is -0.860. The van der Waals surface area contributed by atoms with Crippen molar-refractivity contribution in [2.24, 2.45) is 11.7 Å². The fourth-order valence-electron chi connectivity index (χ4n) is 2.59. The van der Waals surface area contributed by atoms with Crippen LogP contribution < -0.4 is 5.73 Å². The first-order chi connectivity index (χ1) is 8.29. The second-order valence-corrected chi connectivity index (χ2v) is 5.13. The van der Waals surface area contributed by atoms with Gasteiger partial charge in [-0.1, -0.05) is 29.8 Å². The van der Waals surface area contributed by atoms with Gasteiger partial charge in [0.05, 0.1) is 0 Å². The summed E-state index contributed by atoms with van der Waals surface area (Å²) in [6.07, 6.45) is 3.60. The Kier molecular flexibility index (Phi) is 4.57. The van der Waals surface area contributed by atoms with Gasteiger partial charge >= 0.3 is 0 Å². The smallest absolute Gasteiger partial charge is 0.0468 e. The van der Waals surface area contributed by atoms with Gasteiger partial charge in [0.2, 0.25) is 0 Å². The molecule has 0 spiro atoms. The molecule has 0 bridgehead atoms. The van der Waals surface area contributed by atoms with E-state index in [1.165, 1.54) is 30.4 Å². The summed E-state index contributed by atoms with van der Waals surface area (Å²) in [6.45, 7) is 4.73. The minimum absolute atomic E-state index is 0.513. The minimum atomic E-state index is 0.513. The third kappa shape index (κ3) is 3.55. The summed E-state index contributed by atoms with van der Waals surface area (Å²) in [6, 6.07) is 8.82. The average molecular weight is 233 g/mol. The van der Waals surface area contributed by atoms with Crippen LogP contribution >= 0.6 is 0 Å². The van der Waals surface area contributed by atoms with E-state index in [1.807, 2.05) is 0 Å². The number of ether oxygens (including phenoxy) is 1. The third-order valence-corrected chi connectivity index (χ3v) is 3.79. The van der Waals surface area contributed by atoms with Crippen LogP contribution in [0.25, 0.3) is 0 Å². The van der Waals surface area contributed by atoms with Gasteiger partial charge in [0, 0.05) is 13.2 Å². The fraction of sp³-hybridized carbons (Fsp3) is 0.600. The molecule has 2 nitrogen and oxygen atoms in total. The fourth-order valence-corrected chi connectivity index (χ4v) is 2.59. The van der Waals surface area contributed by atoms with Gasteiger partial charge in [0.1, 0.15) is 0 Å². The molecule has 1 heterocycles. The molecule has 1 fully saturated rings. The molecule has 1 unspecified atom stereocenters. The van der Waals surface area contributed by atoms with Crippen LogP contribution in [0.1, 0.15) is 36.3 Å². The predicted molar refractivity (Wildman–Crippen MR) is 71.1 cm³/mol. The van der Waals surface area contributed by atoms with Crippen molar-refractivity contribution >= 4 is 0 Å². The molecule has 1 aliphatic heterocycles. The molecular weight excluding hydrogens is 210 g/mol. The maximum absolute atomic E-state index is 5.93. The Bertz CT molecular complexity index is 327. The summed E-state index contributed by atoms with van der Waals surface area (Å²) < 4.78 is 5.41. The van der Waals surface area contributed by atoms with E-state index in [-0.39, 0.29) is 0 Å². The molecule has 1 aromatic rings. The minimum Gasteiger partial charge on any atom is -0.381 e. The van der Waals surface area contributed by atoms with Crippen molar-refractivity contribution in [2.75, 3.05) is 19.8 Å². The first-order valence-electron chi connectivity index (χ1n) is 6.64. The molecule has 2 heteroatoms. The Morgan fingerprint density at radius 1 is 1.24 bits per heavy atom. The number of aryl methyl sites for hydroxylation is 1. The van der Waals surface area contributed by atoms with Crippen LogP contribution in [0.2, 0.25) is 0 Å². The van der Waals surface area contributed by atoms with Gasteiger partial charge in [-0.3, -0.25) is 0 Å². The Balaban J connectivity index is 1.97. The molecule has 0 aromatic heterocycles. The van der Waals surface area contributed by atoms with Crippen molar-refractivity contribution in [3.05, 3.63) is 35.4 Å². The van der Waals surface area contributed by atoms with E-state index in [0.29, 0.717) is 5.92 Å². The number of benzene rings is 1. The Morgan fingerprint density at radius 2 is 1.88 bits per heavy atom. The van der Waals surface area contributed by atoms with Gasteiger partial charge in [-0.25, -0.2) is 0 Å². The van der Waals surface area contributed by atoms with Crippen molar-refractivity contribution in [3.63, 3.8) is 0 Å². The van der Waals surface area contributed by atoms with Crippen LogP contribution in [-0.2, 0) is 4.74 Å². The Labute approximate surface area is 104 Å². The maximum Gasteiger partial charge on any atom is 0.0468 e. The lowest BCUT2D eigenvalue weighted by molar-refractivity contribution is 0.0619. The highest BCUT2D eigenvalue weighted by atomic mass is 16.5. The second kappa shape index (κ2) is 6.18. The van der Waals surface area contributed by atoms with E-state index in [9.17, 15) is 0 Å². The van der Waals surface area contributed by atoms with Crippen LogP contribution in [0, 0.1) is 12.8 Å². The van der Waals surface area contributed by atoms with E-state index >= 15 is 0 Å². The van der Waals surface area contributed by atoms with Crippen LogP contribution in [0.4, 0.5) is 0 Å². The third-order valence-electron chi connectivity index (χ3n) is 3.79. The standard InChI is InChI=1S/C15H23NO/c1-12-2-4-14(5-3-12)15(11-16)10-13-6-8-17-9-7-13/h2-5,13,15H,6-11,16H2,1H3. The van der Waals surface area contributed by atoms with Crippen molar-refractivity contribution in [2.45, 2.75) is 32.1 Å². The number of nitrogens with two attached hydrogens (primary N) is 1. The molecule has 1 atom stereocenters. The summed E-state index contributed by atoms with van der Waals surface area (Å²) >= 11 is 0. The zero-order valence-corrected chi connectivity index (χ0v) is 10.7. The SMILES string of the molecule is Cc1ccc(C(CN)CC2CCOCC2)cc1. The van der Waals surface area contributed by atoms with Crippen molar-refractivity contribution in [3.8, 4) is 0 Å². The molecule has 17 heavy (non-hydrogen) atoms. The number of hydrogen-bond donors (Lipinski definition) is 1. The highest BCUT2D eigenvalue weighted by Gasteiger charge is 2.19. The summed E-state index contributed by atoms with van der Waals surface area (Å²) in [5.41, 5.74) is 8.64. The number of hydrogen-bond acceptors (Lipinski definition) is 2. The normalized spacial score (nSPS) is 19.2. The molecule has 2 rings (SSSR count). The molecule has 0 saturated carbocycles. The van der Waals surface area contributed by atoms with Gasteiger partial charge in [0.15, 0.2) is 0 Å². The van der Waals surface area contributed by atoms with Gasteiger partial charge in [-0.15, -0.1) is 0 Å². The molecule has 1 aromatic carbocycles. The summed E-state index contributed by atoms with van der Waals surface area (Å²) in [5.74, 6) is 1.30. The first kappa shape index (κ1) is 12.6. The maximum atomic E-state index is 5.93. The second-order valence-electron chi connectivity index (χ2n) is 5.13. The summed E-state index contributed by atoms with van der Waals surface area (Å²) in [5, 5.41) is 0. The van der Waals surface area contributed by atoms with E-state index in [2.05, 4.69) is 31.2 Å². The van der Waals surface area contributed by atoms with Crippen molar-refractivity contribution in [1.29, 1.82) is 0 Å². The number of rotatable bonds is 4. The topological polar surface area (TPSA) is 35.2 Å². The molecule has 0 amide bonds. The molecule has 1 saturated heterocycles. The summed E-state index contributed by atoms with van der Waals surface area (Å²) in [7, 11) is 0. The Morgan fingerprint density at radius 3 is 2.47 bits per heavy atom. The lowest BCUT2D eigenvalue weighted by Gasteiger charge is -2.26. The quantitative estimate of drug-likeness (QED) is 0.868. The molecule has 0 radical (unpaired) electrons. The monoisotopic (exact) mass is 233 g/mol. The highest BCUT2D eigenvalue weighted by molar-refractivity contribution is 5.24. The van der Waals surface area contributed by atoms with Gasteiger partial charge in [-0.05, 0) is 50.1 Å². The van der Waals surface area contributed by atoms with Crippen molar-refractivity contribution in [1.82, 2.24) is 0 Å². The van der Waals surface area contributed by atoms with Crippen LogP contribution in [0.5, 0.6) is 0 Å². The molecular formula is C15H23NO. The van der Waals surface area contributed by atoms with E-state index in [0.717, 1.165) is 25.7 Å². The first-order valence-corrected chi connectivity index (χ1v) is 6.64. The molecule has 2 N–H and O–H groups in total. The highest BCUT2D eigenvalue weighted by Crippen LogP contribution is 2.28. The largest absolute Gasteiger partial charge is 0.381 e. The van der Waals surface area contributed by atoms with Crippen molar-refractivity contribution < 1.29 is 4.74 Å². The lowest BCUT2D eigenvalue weighted by Crippen LogP contribution is -2.21. The van der Waals surface area contributed by atoms with Crippen LogP contribution in [0.15, 0.2) is 24.3 Å². The zero-order valence-electron chi connectivity index (χ0n) is 10.7. The summed E-state index contributed by atoms with van der Waals surface area (Å²) in [4.78, 5) is 0. The van der Waals surface area contributed by atoms with Crippen LogP contribution in [-0.4, -0.2) is 19.8 Å². The lowest BCUT2D eigenvalue weighted by atomic mass is 9.85. The van der Waals surface area contributed by atoms with Gasteiger partial charge in [0.25, 0.3) is 0 Å². The van der Waals surface area contributed by atoms with Crippen LogP contribution in [0.3, 0.4) is 0 Å². The van der Waals surface area contributed by atoms with E-state index in [4.69, 9.17) is 10.5 Å².